The van der Waals surface area contributed by atoms with Gasteiger partial charge in [0, 0.05) is 6.42 Å². The number of nitrogens with one attached hydrogen (secondary N) is 2. The van der Waals surface area contributed by atoms with Crippen molar-refractivity contribution in [1.82, 2.24) is 10.9 Å². The molecule has 138 valence electrons. The van der Waals surface area contributed by atoms with Gasteiger partial charge in [0.2, 0.25) is 5.91 Å². The van der Waals surface area contributed by atoms with Gasteiger partial charge in [-0.15, -0.1) is 0 Å². The van der Waals surface area contributed by atoms with E-state index in [2.05, 4.69) is 24.7 Å². The molecule has 2 amide bonds. The maximum atomic E-state index is 12.3. The minimum Gasteiger partial charge on any atom is -0.493 e. The van der Waals surface area contributed by atoms with E-state index >= 15 is 0 Å². The molecule has 2 aromatic carbocycles. The zero-order valence-corrected chi connectivity index (χ0v) is 15.3. The maximum Gasteiger partial charge on any atom is 0.273 e. The first-order valence-electron chi connectivity index (χ1n) is 8.91. The van der Waals surface area contributed by atoms with E-state index in [-0.39, 0.29) is 5.91 Å². The Labute approximate surface area is 154 Å². The van der Waals surface area contributed by atoms with E-state index < -0.39 is 5.91 Å². The van der Waals surface area contributed by atoms with Crippen molar-refractivity contribution in [3.63, 3.8) is 0 Å². The molecule has 26 heavy (non-hydrogen) atoms. The van der Waals surface area contributed by atoms with Crippen molar-refractivity contribution in [3.8, 4) is 5.75 Å². The number of amides is 2. The smallest absolute Gasteiger partial charge is 0.273 e. The van der Waals surface area contributed by atoms with Gasteiger partial charge in [-0.2, -0.15) is 0 Å². The van der Waals surface area contributed by atoms with Gasteiger partial charge in [0.15, 0.2) is 0 Å². The van der Waals surface area contributed by atoms with Gasteiger partial charge in [0.05, 0.1) is 12.2 Å². The zero-order chi connectivity index (χ0) is 18.8. The largest absolute Gasteiger partial charge is 0.493 e. The summed E-state index contributed by atoms with van der Waals surface area (Å²) in [6.45, 7) is 4.78. The van der Waals surface area contributed by atoms with Gasteiger partial charge in [-0.05, 0) is 36.5 Å². The van der Waals surface area contributed by atoms with E-state index in [1.54, 1.807) is 18.2 Å². The van der Waals surface area contributed by atoms with Crippen LogP contribution in [0.3, 0.4) is 0 Å². The van der Waals surface area contributed by atoms with Crippen molar-refractivity contribution < 1.29 is 14.3 Å². The summed E-state index contributed by atoms with van der Waals surface area (Å²) < 4.78 is 5.71. The lowest BCUT2D eigenvalue weighted by Gasteiger charge is -2.13. The van der Waals surface area contributed by atoms with Gasteiger partial charge in [0.25, 0.3) is 5.91 Å². The second-order valence-corrected chi connectivity index (χ2v) is 6.52. The van der Waals surface area contributed by atoms with Gasteiger partial charge >= 0.3 is 0 Å². The Balaban J connectivity index is 1.82. The molecule has 0 atom stereocenters. The van der Waals surface area contributed by atoms with E-state index in [0.717, 1.165) is 12.0 Å². The average Bonchev–Trinajstić information content (AvgIpc) is 2.65. The molecule has 2 N–H and O–H groups in total. The number of para-hydroxylation sites is 1. The van der Waals surface area contributed by atoms with Crippen LogP contribution in [0.4, 0.5) is 0 Å². The summed E-state index contributed by atoms with van der Waals surface area (Å²) in [6, 6.07) is 16.8. The van der Waals surface area contributed by atoms with Crippen LogP contribution in [0.2, 0.25) is 0 Å². The molecule has 0 heterocycles. The molecule has 0 fully saturated rings. The number of ether oxygens (including phenoxy) is 1. The van der Waals surface area contributed by atoms with E-state index in [0.29, 0.717) is 36.7 Å². The van der Waals surface area contributed by atoms with Crippen LogP contribution >= 0.6 is 0 Å². The molecule has 0 spiro atoms. The lowest BCUT2D eigenvalue weighted by molar-refractivity contribution is -0.121. The van der Waals surface area contributed by atoms with Crippen LogP contribution in [0.15, 0.2) is 54.6 Å². The number of hydrogen-bond donors (Lipinski definition) is 2. The van der Waals surface area contributed by atoms with Crippen molar-refractivity contribution in [1.29, 1.82) is 0 Å². The van der Waals surface area contributed by atoms with Crippen molar-refractivity contribution in [2.75, 3.05) is 6.61 Å². The van der Waals surface area contributed by atoms with E-state index in [1.807, 2.05) is 36.4 Å². The highest BCUT2D eigenvalue weighted by Crippen LogP contribution is 2.18. The van der Waals surface area contributed by atoms with Crippen LogP contribution in [-0.4, -0.2) is 18.4 Å². The minimum absolute atomic E-state index is 0.236. The van der Waals surface area contributed by atoms with Gasteiger partial charge < -0.3 is 4.74 Å². The molecular weight excluding hydrogens is 328 g/mol. The number of carbonyl (C=O) groups is 2. The first-order chi connectivity index (χ1) is 12.6. The monoisotopic (exact) mass is 354 g/mol. The minimum atomic E-state index is -0.391. The maximum absolute atomic E-state index is 12.3. The van der Waals surface area contributed by atoms with Crippen molar-refractivity contribution in [3.05, 3.63) is 65.7 Å². The molecule has 0 bridgehead atoms. The molecule has 0 unspecified atom stereocenters. The second kappa shape index (κ2) is 10.2. The van der Waals surface area contributed by atoms with Gasteiger partial charge in [0.1, 0.15) is 5.75 Å². The zero-order valence-electron chi connectivity index (χ0n) is 15.3. The molecule has 0 aromatic heterocycles. The number of hydrazine groups is 1. The normalized spacial score (nSPS) is 10.4. The first kappa shape index (κ1) is 19.5. The van der Waals surface area contributed by atoms with Crippen molar-refractivity contribution in [2.45, 2.75) is 33.1 Å². The Morgan fingerprint density at radius 2 is 1.65 bits per heavy atom. The molecule has 2 aromatic rings. The average molecular weight is 354 g/mol. The lowest BCUT2D eigenvalue weighted by Crippen LogP contribution is -2.41. The van der Waals surface area contributed by atoms with Crippen LogP contribution in [0, 0.1) is 5.92 Å². The Kier molecular flexibility index (Phi) is 7.68. The highest BCUT2D eigenvalue weighted by molar-refractivity contribution is 5.97. The summed E-state index contributed by atoms with van der Waals surface area (Å²) in [5.74, 6) is 0.419. The van der Waals surface area contributed by atoms with Gasteiger partial charge in [-0.25, -0.2) is 0 Å². The molecule has 0 saturated heterocycles. The highest BCUT2D eigenvalue weighted by atomic mass is 16.5. The summed E-state index contributed by atoms with van der Waals surface area (Å²) in [4.78, 5) is 24.3. The van der Waals surface area contributed by atoms with Crippen LogP contribution in [0.25, 0.3) is 0 Å². The highest BCUT2D eigenvalue weighted by Gasteiger charge is 2.13. The topological polar surface area (TPSA) is 67.4 Å². The number of aryl methyl sites for hydroxylation is 1. The standard InChI is InChI=1S/C21H26N2O3/c1-16(2)14-15-26-19-11-7-6-10-18(19)21(25)23-22-20(24)13-12-17-8-4-3-5-9-17/h3-11,16H,12-15H2,1-2H3,(H,22,24)(H,23,25). The van der Waals surface area contributed by atoms with E-state index in [4.69, 9.17) is 4.74 Å². The number of benzene rings is 2. The molecule has 0 radical (unpaired) electrons. The molecule has 0 aliphatic heterocycles. The predicted octanol–water partition coefficient (Wildman–Crippen LogP) is 3.51. The number of carbonyl (C=O) groups excluding carboxylic acids is 2. The third-order valence-corrected chi connectivity index (χ3v) is 3.88. The molecule has 0 saturated carbocycles. The van der Waals surface area contributed by atoms with Crippen LogP contribution in [0.1, 0.15) is 42.6 Å². The molecular formula is C21H26N2O3. The van der Waals surface area contributed by atoms with Crippen LogP contribution < -0.4 is 15.6 Å². The Morgan fingerprint density at radius 3 is 2.38 bits per heavy atom. The fourth-order valence-corrected chi connectivity index (χ4v) is 2.34. The van der Waals surface area contributed by atoms with Crippen LogP contribution in [0.5, 0.6) is 5.75 Å². The third kappa shape index (κ3) is 6.59. The van der Waals surface area contributed by atoms with Gasteiger partial charge in [-0.3, -0.25) is 20.4 Å². The molecule has 5 heteroatoms. The fourth-order valence-electron chi connectivity index (χ4n) is 2.34. The second-order valence-electron chi connectivity index (χ2n) is 6.52. The summed E-state index contributed by atoms with van der Waals surface area (Å²) in [7, 11) is 0. The molecule has 5 nitrogen and oxygen atoms in total. The molecule has 0 aliphatic rings. The summed E-state index contributed by atoms with van der Waals surface area (Å²) in [6.07, 6.45) is 1.83. The molecule has 2 rings (SSSR count). The Morgan fingerprint density at radius 1 is 0.962 bits per heavy atom. The summed E-state index contributed by atoms with van der Waals surface area (Å²) >= 11 is 0. The summed E-state index contributed by atoms with van der Waals surface area (Å²) in [5, 5.41) is 0. The van der Waals surface area contributed by atoms with E-state index in [9.17, 15) is 9.59 Å². The van der Waals surface area contributed by atoms with E-state index in [1.165, 1.54) is 0 Å². The molecule has 0 aliphatic carbocycles. The van der Waals surface area contributed by atoms with Crippen molar-refractivity contribution in [2.24, 2.45) is 5.92 Å². The predicted molar refractivity (Wildman–Crippen MR) is 102 cm³/mol. The Bertz CT molecular complexity index is 714. The van der Waals surface area contributed by atoms with Crippen LogP contribution in [-0.2, 0) is 11.2 Å². The Hall–Kier alpha value is -2.82. The number of rotatable bonds is 8. The fraction of sp³-hybridized carbons (Fsp3) is 0.333. The number of hydrogen-bond acceptors (Lipinski definition) is 3. The lowest BCUT2D eigenvalue weighted by atomic mass is 10.1. The SMILES string of the molecule is CC(C)CCOc1ccccc1C(=O)NNC(=O)CCc1ccccc1. The first-order valence-corrected chi connectivity index (χ1v) is 8.91. The third-order valence-electron chi connectivity index (χ3n) is 3.88. The van der Waals surface area contributed by atoms with Gasteiger partial charge in [-0.1, -0.05) is 56.3 Å². The quantitative estimate of drug-likeness (QED) is 0.713. The summed E-state index contributed by atoms with van der Waals surface area (Å²) in [5.41, 5.74) is 6.40. The van der Waals surface area contributed by atoms with Crippen molar-refractivity contribution >= 4 is 11.8 Å².